The number of carbonyl (C=O) groups is 1. The highest BCUT2D eigenvalue weighted by Gasteiger charge is 2.30. The molecule has 2 saturated carbocycles. The van der Waals surface area contributed by atoms with Crippen molar-refractivity contribution in [1.29, 1.82) is 0 Å². The minimum Gasteiger partial charge on any atom is -0.298 e. The molecule has 2 fully saturated rings. The summed E-state index contributed by atoms with van der Waals surface area (Å²) in [5, 5.41) is 0. The molecule has 0 aromatic heterocycles. The van der Waals surface area contributed by atoms with Gasteiger partial charge >= 0.3 is 0 Å². The summed E-state index contributed by atoms with van der Waals surface area (Å²) in [5.74, 6) is 0.896. The lowest BCUT2D eigenvalue weighted by Gasteiger charge is -2.16. The minimum absolute atomic E-state index is 0.404. The molecule has 13 heavy (non-hydrogen) atoms. The molecule has 0 N–H and O–H groups in total. The third-order valence-corrected chi connectivity index (χ3v) is 3.39. The summed E-state index contributed by atoms with van der Waals surface area (Å²) >= 11 is 0. The third kappa shape index (κ3) is 2.31. The number of ketones is 1. The van der Waals surface area contributed by atoms with Crippen LogP contribution in [-0.4, -0.2) is 30.3 Å². The lowest BCUT2D eigenvalue weighted by Crippen LogP contribution is -2.31. The van der Waals surface area contributed by atoms with Gasteiger partial charge in [0.05, 0.1) is 6.54 Å². The molecule has 0 spiro atoms. The second-order valence-electron chi connectivity index (χ2n) is 4.59. The van der Waals surface area contributed by atoms with Gasteiger partial charge in [-0.25, -0.2) is 0 Å². The molecule has 0 radical (unpaired) electrons. The Balaban J connectivity index is 1.76. The zero-order valence-electron chi connectivity index (χ0n) is 8.46. The monoisotopic (exact) mass is 181 g/mol. The van der Waals surface area contributed by atoms with Crippen molar-refractivity contribution in [2.75, 3.05) is 13.6 Å². The second-order valence-corrected chi connectivity index (χ2v) is 4.59. The highest BCUT2D eigenvalue weighted by molar-refractivity contribution is 5.83. The van der Waals surface area contributed by atoms with E-state index in [1.165, 1.54) is 25.7 Å². The van der Waals surface area contributed by atoms with E-state index < -0.39 is 0 Å². The predicted molar refractivity (Wildman–Crippen MR) is 52.6 cm³/mol. The number of hydrogen-bond acceptors (Lipinski definition) is 2. The lowest BCUT2D eigenvalue weighted by molar-refractivity contribution is -0.123. The quantitative estimate of drug-likeness (QED) is 0.659. The molecule has 2 rings (SSSR count). The number of carbonyl (C=O) groups excluding carboxylic acids is 1. The molecule has 2 nitrogen and oxygen atoms in total. The highest BCUT2D eigenvalue weighted by atomic mass is 16.1. The molecule has 74 valence electrons. The van der Waals surface area contributed by atoms with Crippen LogP contribution in [0.1, 0.15) is 38.5 Å². The Morgan fingerprint density at radius 3 is 2.38 bits per heavy atom. The lowest BCUT2D eigenvalue weighted by atomic mass is 10.0. The molecule has 0 bridgehead atoms. The molecule has 0 aromatic rings. The summed E-state index contributed by atoms with van der Waals surface area (Å²) in [7, 11) is 2.09. The van der Waals surface area contributed by atoms with Crippen molar-refractivity contribution < 1.29 is 4.79 Å². The summed E-state index contributed by atoms with van der Waals surface area (Å²) in [4.78, 5) is 14.0. The van der Waals surface area contributed by atoms with Gasteiger partial charge in [0.2, 0.25) is 0 Å². The van der Waals surface area contributed by atoms with E-state index in [0.717, 1.165) is 18.9 Å². The number of rotatable bonds is 4. The van der Waals surface area contributed by atoms with Gasteiger partial charge in [0.1, 0.15) is 5.78 Å². The van der Waals surface area contributed by atoms with Gasteiger partial charge in [-0.15, -0.1) is 0 Å². The van der Waals surface area contributed by atoms with Crippen molar-refractivity contribution in [2.45, 2.75) is 44.6 Å². The number of hydrogen-bond donors (Lipinski definition) is 0. The topological polar surface area (TPSA) is 20.3 Å². The summed E-state index contributed by atoms with van der Waals surface area (Å²) in [6, 6.07) is 0.727. The smallest absolute Gasteiger partial charge is 0.149 e. The van der Waals surface area contributed by atoms with Crippen molar-refractivity contribution in [3.63, 3.8) is 0 Å². The van der Waals surface area contributed by atoms with Crippen LogP contribution in [0.5, 0.6) is 0 Å². The molecule has 2 heteroatoms. The van der Waals surface area contributed by atoms with Gasteiger partial charge in [0.15, 0.2) is 0 Å². The summed E-state index contributed by atoms with van der Waals surface area (Å²) in [6.07, 6.45) is 7.44. The van der Waals surface area contributed by atoms with Gasteiger partial charge < -0.3 is 0 Å². The second kappa shape index (κ2) is 3.79. The van der Waals surface area contributed by atoms with E-state index in [2.05, 4.69) is 11.9 Å². The molecule has 2 aliphatic carbocycles. The van der Waals surface area contributed by atoms with E-state index in [0.29, 0.717) is 18.2 Å². The summed E-state index contributed by atoms with van der Waals surface area (Å²) < 4.78 is 0. The molecule has 0 heterocycles. The maximum atomic E-state index is 11.7. The SMILES string of the molecule is CN(CC(=O)C1CCCC1)C1CC1. The first-order valence-corrected chi connectivity index (χ1v) is 5.50. The molecular formula is C11H19NO. The first kappa shape index (κ1) is 9.20. The van der Waals surface area contributed by atoms with E-state index in [4.69, 9.17) is 0 Å². The molecule has 0 atom stereocenters. The number of Topliss-reactive ketones (excluding diaryl/α,β-unsaturated/α-hetero) is 1. The Labute approximate surface area is 80.3 Å². The van der Waals surface area contributed by atoms with Crippen LogP contribution in [-0.2, 0) is 4.79 Å². The van der Waals surface area contributed by atoms with Crippen molar-refractivity contribution in [2.24, 2.45) is 5.92 Å². The maximum absolute atomic E-state index is 11.7. The summed E-state index contributed by atoms with van der Waals surface area (Å²) in [5.41, 5.74) is 0. The van der Waals surface area contributed by atoms with Gasteiger partial charge in [-0.05, 0) is 32.7 Å². The van der Waals surface area contributed by atoms with Crippen LogP contribution >= 0.6 is 0 Å². The molecule has 0 aliphatic heterocycles. The largest absolute Gasteiger partial charge is 0.298 e. The molecular weight excluding hydrogens is 162 g/mol. The van der Waals surface area contributed by atoms with E-state index in [1.54, 1.807) is 0 Å². The standard InChI is InChI=1S/C11H19NO/c1-12(10-6-7-10)8-11(13)9-4-2-3-5-9/h9-10H,2-8H2,1H3. The van der Waals surface area contributed by atoms with E-state index in [9.17, 15) is 4.79 Å². The van der Waals surface area contributed by atoms with E-state index in [1.807, 2.05) is 0 Å². The van der Waals surface area contributed by atoms with Crippen LogP contribution in [0.2, 0.25) is 0 Å². The maximum Gasteiger partial charge on any atom is 0.149 e. The van der Waals surface area contributed by atoms with Gasteiger partial charge in [0, 0.05) is 12.0 Å². The Morgan fingerprint density at radius 1 is 1.23 bits per heavy atom. The van der Waals surface area contributed by atoms with Crippen LogP contribution in [0.4, 0.5) is 0 Å². The third-order valence-electron chi connectivity index (χ3n) is 3.39. The van der Waals surface area contributed by atoms with Gasteiger partial charge in [-0.3, -0.25) is 9.69 Å². The van der Waals surface area contributed by atoms with Gasteiger partial charge in [-0.1, -0.05) is 12.8 Å². The minimum atomic E-state index is 0.404. The van der Waals surface area contributed by atoms with Crippen molar-refractivity contribution >= 4 is 5.78 Å². The fourth-order valence-corrected chi connectivity index (χ4v) is 2.27. The first-order chi connectivity index (χ1) is 6.27. The first-order valence-electron chi connectivity index (χ1n) is 5.50. The molecule has 0 amide bonds. The van der Waals surface area contributed by atoms with Crippen LogP contribution < -0.4 is 0 Å². The number of nitrogens with zero attached hydrogens (tertiary/aromatic N) is 1. The highest BCUT2D eigenvalue weighted by Crippen LogP contribution is 2.28. The summed E-state index contributed by atoms with van der Waals surface area (Å²) in [6.45, 7) is 0.704. The molecule has 0 unspecified atom stereocenters. The van der Waals surface area contributed by atoms with E-state index >= 15 is 0 Å². The Bertz CT molecular complexity index is 192. The van der Waals surface area contributed by atoms with Crippen LogP contribution in [0.25, 0.3) is 0 Å². The Kier molecular flexibility index (Phi) is 2.68. The molecule has 2 aliphatic rings. The van der Waals surface area contributed by atoms with Crippen LogP contribution in [0.3, 0.4) is 0 Å². The van der Waals surface area contributed by atoms with Gasteiger partial charge in [0.25, 0.3) is 0 Å². The average molecular weight is 181 g/mol. The average Bonchev–Trinajstić information content (AvgIpc) is 2.81. The fraction of sp³-hybridized carbons (Fsp3) is 0.909. The van der Waals surface area contributed by atoms with E-state index in [-0.39, 0.29) is 0 Å². The normalized spacial score (nSPS) is 24.2. The fourth-order valence-electron chi connectivity index (χ4n) is 2.27. The van der Waals surface area contributed by atoms with Crippen molar-refractivity contribution in [3.05, 3.63) is 0 Å². The van der Waals surface area contributed by atoms with Crippen LogP contribution in [0.15, 0.2) is 0 Å². The number of likely N-dealkylation sites (N-methyl/N-ethyl adjacent to an activating group) is 1. The molecule has 0 aromatic carbocycles. The van der Waals surface area contributed by atoms with Gasteiger partial charge in [-0.2, -0.15) is 0 Å². The zero-order valence-corrected chi connectivity index (χ0v) is 8.46. The molecule has 0 saturated heterocycles. The van der Waals surface area contributed by atoms with Crippen molar-refractivity contribution in [1.82, 2.24) is 4.90 Å². The Hall–Kier alpha value is -0.370. The van der Waals surface area contributed by atoms with Crippen LogP contribution in [0, 0.1) is 5.92 Å². The Morgan fingerprint density at radius 2 is 1.85 bits per heavy atom. The van der Waals surface area contributed by atoms with Crippen molar-refractivity contribution in [3.8, 4) is 0 Å². The zero-order chi connectivity index (χ0) is 9.26. The predicted octanol–water partition coefficient (Wildman–Crippen LogP) is 1.84.